The van der Waals surface area contributed by atoms with E-state index in [0.29, 0.717) is 0 Å². The summed E-state index contributed by atoms with van der Waals surface area (Å²) in [6, 6.07) is 1.82. The Labute approximate surface area is 180 Å². The van der Waals surface area contributed by atoms with Gasteiger partial charge >= 0.3 is 0 Å². The summed E-state index contributed by atoms with van der Waals surface area (Å²) in [5, 5.41) is 0. The van der Waals surface area contributed by atoms with Crippen LogP contribution in [0.15, 0.2) is 0 Å². The zero-order valence-electron chi connectivity index (χ0n) is 16.3. The quantitative estimate of drug-likeness (QED) is 0.279. The predicted octanol–water partition coefficient (Wildman–Crippen LogP) is -2.09. The maximum Gasteiger partial charge on any atom is 0.0884 e. The SMILES string of the molecule is C[N+](C)(C)C1CCC(CC2CCC([N+](C)(C)C)CC2)CC1.[I-].[I-]. The van der Waals surface area contributed by atoms with E-state index in [1.54, 1.807) is 0 Å². The summed E-state index contributed by atoms with van der Waals surface area (Å²) in [6.07, 6.45) is 13.4. The Morgan fingerprint density at radius 2 is 0.783 bits per heavy atom. The van der Waals surface area contributed by atoms with Gasteiger partial charge in [0.25, 0.3) is 0 Å². The molecule has 0 aliphatic heterocycles. The lowest BCUT2D eigenvalue weighted by Crippen LogP contribution is -3.00. The molecule has 0 unspecified atom stereocenters. The minimum atomic E-state index is 0. The Morgan fingerprint density at radius 3 is 1.00 bits per heavy atom. The van der Waals surface area contributed by atoms with Crippen molar-refractivity contribution in [3.05, 3.63) is 0 Å². The number of halogens is 2. The molecule has 4 heteroatoms. The molecule has 0 amide bonds. The second-order valence-electron chi connectivity index (χ2n) is 9.82. The van der Waals surface area contributed by atoms with Crippen molar-refractivity contribution in [1.82, 2.24) is 0 Å². The molecule has 0 aromatic carbocycles. The first-order chi connectivity index (χ1) is 9.66. The molecule has 0 spiro atoms. The van der Waals surface area contributed by atoms with E-state index in [0.717, 1.165) is 23.9 Å². The lowest BCUT2D eigenvalue weighted by Gasteiger charge is -2.41. The van der Waals surface area contributed by atoms with E-state index in [9.17, 15) is 0 Å². The van der Waals surface area contributed by atoms with Gasteiger partial charge in [-0.3, -0.25) is 0 Å². The van der Waals surface area contributed by atoms with E-state index in [4.69, 9.17) is 0 Å². The average molecular weight is 550 g/mol. The van der Waals surface area contributed by atoms with Crippen molar-refractivity contribution < 1.29 is 56.9 Å². The number of rotatable bonds is 4. The molecular formula is C19H40I2N2. The van der Waals surface area contributed by atoms with Gasteiger partial charge in [0.2, 0.25) is 0 Å². The van der Waals surface area contributed by atoms with Gasteiger partial charge in [0, 0.05) is 0 Å². The normalized spacial score (nSPS) is 32.6. The fraction of sp³-hybridized carbons (Fsp3) is 1.00. The van der Waals surface area contributed by atoms with Crippen LogP contribution in [-0.2, 0) is 0 Å². The zero-order chi connectivity index (χ0) is 15.7. The van der Waals surface area contributed by atoms with Gasteiger partial charge in [0.15, 0.2) is 0 Å². The van der Waals surface area contributed by atoms with Gasteiger partial charge in [-0.1, -0.05) is 0 Å². The minimum Gasteiger partial charge on any atom is -1.00 e. The molecule has 0 saturated heterocycles. The maximum absolute atomic E-state index is 2.37. The summed E-state index contributed by atoms with van der Waals surface area (Å²) in [4.78, 5) is 0. The Hall–Kier alpha value is 1.38. The van der Waals surface area contributed by atoms with Crippen LogP contribution >= 0.6 is 0 Å². The number of hydrogen-bond donors (Lipinski definition) is 0. The molecule has 0 radical (unpaired) electrons. The minimum absolute atomic E-state index is 0. The molecule has 0 atom stereocenters. The standard InChI is InChI=1S/C19H40N2.2HI/c1-20(2,3)18-11-7-16(8-12-18)15-17-9-13-19(14-10-17)21(4,5)6;;/h16-19H,7-15H2,1-6H3;2*1H/q+2;;/p-2. The smallest absolute Gasteiger partial charge is 0.0884 e. The summed E-state index contributed by atoms with van der Waals surface area (Å²) in [6.45, 7) is 0. The lowest BCUT2D eigenvalue weighted by molar-refractivity contribution is -0.897. The summed E-state index contributed by atoms with van der Waals surface area (Å²) >= 11 is 0. The van der Waals surface area contributed by atoms with Crippen LogP contribution in [0.1, 0.15) is 57.8 Å². The third kappa shape index (κ3) is 7.65. The second-order valence-corrected chi connectivity index (χ2v) is 9.82. The Morgan fingerprint density at radius 1 is 0.522 bits per heavy atom. The number of nitrogens with zero attached hydrogens (tertiary/aromatic N) is 2. The summed E-state index contributed by atoms with van der Waals surface area (Å²) in [5.74, 6) is 2.08. The van der Waals surface area contributed by atoms with E-state index in [2.05, 4.69) is 42.3 Å². The summed E-state index contributed by atoms with van der Waals surface area (Å²) in [7, 11) is 14.2. The fourth-order valence-electron chi connectivity index (χ4n) is 4.78. The van der Waals surface area contributed by atoms with Crippen LogP contribution in [0.2, 0.25) is 0 Å². The predicted molar refractivity (Wildman–Crippen MR) is 92.2 cm³/mol. The van der Waals surface area contributed by atoms with Gasteiger partial charge in [0.05, 0.1) is 54.4 Å². The topological polar surface area (TPSA) is 0 Å². The second kappa shape index (κ2) is 9.91. The van der Waals surface area contributed by atoms with Crippen LogP contribution in [0.25, 0.3) is 0 Å². The third-order valence-electron chi connectivity index (χ3n) is 6.49. The number of quaternary nitrogens is 2. The summed E-state index contributed by atoms with van der Waals surface area (Å²) in [5.41, 5.74) is 0. The Kier molecular flexibility index (Phi) is 10.5. The van der Waals surface area contributed by atoms with E-state index < -0.39 is 0 Å². The van der Waals surface area contributed by atoms with Crippen LogP contribution in [0.4, 0.5) is 0 Å². The van der Waals surface area contributed by atoms with Gasteiger partial charge in [0.1, 0.15) is 0 Å². The first-order valence-electron chi connectivity index (χ1n) is 9.28. The van der Waals surface area contributed by atoms with E-state index in [1.165, 1.54) is 66.8 Å². The molecule has 2 rings (SSSR count). The Balaban J connectivity index is 0.00000242. The van der Waals surface area contributed by atoms with Gasteiger partial charge < -0.3 is 56.9 Å². The van der Waals surface area contributed by atoms with Crippen molar-refractivity contribution in [3.8, 4) is 0 Å². The highest BCUT2D eigenvalue weighted by Crippen LogP contribution is 2.38. The molecule has 2 fully saturated rings. The van der Waals surface area contributed by atoms with Crippen molar-refractivity contribution in [2.75, 3.05) is 42.3 Å². The molecular weight excluding hydrogens is 510 g/mol. The molecule has 0 N–H and O–H groups in total. The van der Waals surface area contributed by atoms with E-state index >= 15 is 0 Å². The highest BCUT2D eigenvalue weighted by molar-refractivity contribution is 4.79. The molecule has 0 bridgehead atoms. The highest BCUT2D eigenvalue weighted by atomic mass is 127. The number of hydrogen-bond acceptors (Lipinski definition) is 0. The van der Waals surface area contributed by atoms with Gasteiger partial charge in [-0.05, 0) is 69.6 Å². The molecule has 0 aromatic rings. The highest BCUT2D eigenvalue weighted by Gasteiger charge is 2.33. The van der Waals surface area contributed by atoms with E-state index in [-0.39, 0.29) is 48.0 Å². The average Bonchev–Trinajstić information content (AvgIpc) is 2.38. The molecule has 23 heavy (non-hydrogen) atoms. The van der Waals surface area contributed by atoms with Crippen LogP contribution in [0.3, 0.4) is 0 Å². The van der Waals surface area contributed by atoms with Crippen LogP contribution in [0.5, 0.6) is 0 Å². The van der Waals surface area contributed by atoms with Gasteiger partial charge in [-0.2, -0.15) is 0 Å². The molecule has 140 valence electrons. The van der Waals surface area contributed by atoms with Crippen LogP contribution in [-0.4, -0.2) is 63.3 Å². The monoisotopic (exact) mass is 550 g/mol. The fourth-order valence-corrected chi connectivity index (χ4v) is 4.78. The van der Waals surface area contributed by atoms with Crippen molar-refractivity contribution in [1.29, 1.82) is 0 Å². The van der Waals surface area contributed by atoms with Crippen molar-refractivity contribution in [2.24, 2.45) is 11.8 Å². The van der Waals surface area contributed by atoms with Crippen molar-refractivity contribution >= 4 is 0 Å². The van der Waals surface area contributed by atoms with Crippen molar-refractivity contribution in [3.63, 3.8) is 0 Å². The van der Waals surface area contributed by atoms with Crippen LogP contribution in [0, 0.1) is 11.8 Å². The van der Waals surface area contributed by atoms with Gasteiger partial charge in [-0.15, -0.1) is 0 Å². The molecule has 0 heterocycles. The van der Waals surface area contributed by atoms with Crippen LogP contribution < -0.4 is 48.0 Å². The molecule has 2 aliphatic rings. The first-order valence-corrected chi connectivity index (χ1v) is 9.28. The first kappa shape index (κ1) is 24.4. The van der Waals surface area contributed by atoms with E-state index in [1.807, 2.05) is 0 Å². The Bertz CT molecular complexity index is 285. The van der Waals surface area contributed by atoms with Gasteiger partial charge in [-0.25, -0.2) is 0 Å². The third-order valence-corrected chi connectivity index (χ3v) is 6.49. The molecule has 2 aliphatic carbocycles. The molecule has 2 saturated carbocycles. The maximum atomic E-state index is 2.37. The molecule has 2 nitrogen and oxygen atoms in total. The van der Waals surface area contributed by atoms with Crippen molar-refractivity contribution in [2.45, 2.75) is 69.9 Å². The summed E-state index contributed by atoms with van der Waals surface area (Å²) < 4.78 is 2.34. The lowest BCUT2D eigenvalue weighted by atomic mass is 9.75. The zero-order valence-corrected chi connectivity index (χ0v) is 20.6. The largest absolute Gasteiger partial charge is 1.00 e. The molecule has 0 aromatic heterocycles.